The lowest BCUT2D eigenvalue weighted by Gasteiger charge is -2.01. The van der Waals surface area contributed by atoms with Crippen molar-refractivity contribution < 1.29 is 0 Å². The van der Waals surface area contributed by atoms with Crippen molar-refractivity contribution in [3.63, 3.8) is 0 Å². The van der Waals surface area contributed by atoms with E-state index in [1.165, 1.54) is 0 Å². The third-order valence-corrected chi connectivity index (χ3v) is 2.07. The van der Waals surface area contributed by atoms with Crippen molar-refractivity contribution in [3.05, 3.63) is 33.8 Å². The van der Waals surface area contributed by atoms with E-state index in [4.69, 9.17) is 11.6 Å². The maximum absolute atomic E-state index is 5.92. The zero-order valence-corrected chi connectivity index (χ0v) is 7.21. The molecular weight excluding hydrogens is 144 g/mol. The molecule has 0 amide bonds. The predicted molar refractivity (Wildman–Crippen MR) is 44.5 cm³/mol. The summed E-state index contributed by atoms with van der Waals surface area (Å²) in [7, 11) is 0. The van der Waals surface area contributed by atoms with Gasteiger partial charge in [-0.2, -0.15) is 0 Å². The zero-order chi connectivity index (χ0) is 7.72. The van der Waals surface area contributed by atoms with E-state index in [1.807, 2.05) is 26.8 Å². The van der Waals surface area contributed by atoms with Gasteiger partial charge in [0.1, 0.15) is 0 Å². The van der Waals surface area contributed by atoms with Gasteiger partial charge in [0, 0.05) is 5.02 Å². The molecule has 0 N–H and O–H groups in total. The van der Waals surface area contributed by atoms with Crippen molar-refractivity contribution in [2.24, 2.45) is 0 Å². The lowest BCUT2D eigenvalue weighted by Crippen LogP contribution is -1.83. The fourth-order valence-corrected chi connectivity index (χ4v) is 1.17. The second kappa shape index (κ2) is 2.63. The van der Waals surface area contributed by atoms with E-state index in [0.29, 0.717) is 0 Å². The molecule has 0 aliphatic heterocycles. The first kappa shape index (κ1) is 7.62. The standard InChI is InChI=1S/C9H10Cl/c1-6-4-7(2)9(10)8(3)5-6/h4H,1-3H3. The average Bonchev–Trinajstić information content (AvgIpc) is 1.82. The van der Waals surface area contributed by atoms with Crippen LogP contribution in [-0.2, 0) is 0 Å². The maximum Gasteiger partial charge on any atom is 0.0470 e. The van der Waals surface area contributed by atoms with Crippen LogP contribution in [0.25, 0.3) is 0 Å². The molecule has 0 unspecified atom stereocenters. The highest BCUT2D eigenvalue weighted by molar-refractivity contribution is 6.32. The van der Waals surface area contributed by atoms with Crippen LogP contribution in [0, 0.1) is 26.8 Å². The second-order valence-corrected chi connectivity index (χ2v) is 2.95. The lowest BCUT2D eigenvalue weighted by molar-refractivity contribution is 1.31. The first-order valence-corrected chi connectivity index (χ1v) is 3.64. The van der Waals surface area contributed by atoms with Crippen molar-refractivity contribution in [2.75, 3.05) is 0 Å². The average molecular weight is 154 g/mol. The van der Waals surface area contributed by atoms with E-state index >= 15 is 0 Å². The molecule has 1 rings (SSSR count). The Morgan fingerprint density at radius 1 is 1.30 bits per heavy atom. The molecule has 0 saturated heterocycles. The van der Waals surface area contributed by atoms with Gasteiger partial charge in [-0.15, -0.1) is 0 Å². The Bertz CT molecular complexity index is 228. The van der Waals surface area contributed by atoms with E-state index in [1.54, 1.807) is 0 Å². The fraction of sp³-hybridized carbons (Fsp3) is 0.333. The Balaban J connectivity index is 3.31. The van der Waals surface area contributed by atoms with Crippen molar-refractivity contribution in [3.8, 4) is 0 Å². The summed E-state index contributed by atoms with van der Waals surface area (Å²) in [6, 6.07) is 5.18. The molecule has 0 aromatic heterocycles. The van der Waals surface area contributed by atoms with Crippen LogP contribution < -0.4 is 0 Å². The maximum atomic E-state index is 5.92. The molecule has 0 heterocycles. The van der Waals surface area contributed by atoms with E-state index < -0.39 is 0 Å². The van der Waals surface area contributed by atoms with Gasteiger partial charge in [-0.1, -0.05) is 17.7 Å². The SMILES string of the molecule is Cc1[c]c(C)c(Cl)c(C)c1. The highest BCUT2D eigenvalue weighted by Crippen LogP contribution is 2.20. The topological polar surface area (TPSA) is 0 Å². The highest BCUT2D eigenvalue weighted by atomic mass is 35.5. The third kappa shape index (κ3) is 1.32. The Morgan fingerprint density at radius 3 is 2.40 bits per heavy atom. The van der Waals surface area contributed by atoms with Gasteiger partial charge in [-0.3, -0.25) is 0 Å². The van der Waals surface area contributed by atoms with E-state index in [9.17, 15) is 0 Å². The largest absolute Gasteiger partial charge is 0.0837 e. The van der Waals surface area contributed by atoms with Gasteiger partial charge in [0.25, 0.3) is 0 Å². The quantitative estimate of drug-likeness (QED) is 0.538. The van der Waals surface area contributed by atoms with Gasteiger partial charge in [-0.25, -0.2) is 0 Å². The molecular formula is C9H10Cl. The van der Waals surface area contributed by atoms with Crippen LogP contribution >= 0.6 is 11.6 Å². The molecule has 10 heavy (non-hydrogen) atoms. The minimum atomic E-state index is 0.839. The van der Waals surface area contributed by atoms with Crippen LogP contribution in [-0.4, -0.2) is 0 Å². The molecule has 0 spiro atoms. The van der Waals surface area contributed by atoms with Gasteiger partial charge in [0.05, 0.1) is 0 Å². The Hall–Kier alpha value is -0.490. The molecule has 0 bridgehead atoms. The first-order chi connectivity index (χ1) is 4.61. The van der Waals surface area contributed by atoms with Crippen LogP contribution in [0.2, 0.25) is 5.02 Å². The van der Waals surface area contributed by atoms with Crippen LogP contribution in [0.15, 0.2) is 6.07 Å². The molecule has 53 valence electrons. The minimum Gasteiger partial charge on any atom is -0.0837 e. The molecule has 0 saturated carbocycles. The second-order valence-electron chi connectivity index (χ2n) is 2.57. The Morgan fingerprint density at radius 2 is 1.90 bits per heavy atom. The molecule has 0 nitrogen and oxygen atoms in total. The number of hydrogen-bond acceptors (Lipinski definition) is 0. The number of benzene rings is 1. The normalized spacial score (nSPS) is 10.0. The molecule has 1 aromatic rings. The van der Waals surface area contributed by atoms with Crippen molar-refractivity contribution in [1.29, 1.82) is 0 Å². The Kier molecular flexibility index (Phi) is 2.00. The fourth-order valence-electron chi connectivity index (χ4n) is 1.07. The highest BCUT2D eigenvalue weighted by Gasteiger charge is 1.98. The smallest absolute Gasteiger partial charge is 0.0470 e. The monoisotopic (exact) mass is 153 g/mol. The summed E-state index contributed by atoms with van der Waals surface area (Å²) in [6.45, 7) is 6.01. The van der Waals surface area contributed by atoms with Gasteiger partial charge in [0.15, 0.2) is 0 Å². The minimum absolute atomic E-state index is 0.839. The lowest BCUT2D eigenvalue weighted by atomic mass is 10.1. The molecule has 0 aliphatic rings. The predicted octanol–water partition coefficient (Wildman–Crippen LogP) is 3.07. The number of rotatable bonds is 0. The number of aryl methyl sites for hydroxylation is 3. The van der Waals surface area contributed by atoms with Crippen LogP contribution in [0.4, 0.5) is 0 Å². The van der Waals surface area contributed by atoms with Gasteiger partial charge < -0.3 is 0 Å². The summed E-state index contributed by atoms with van der Waals surface area (Å²) < 4.78 is 0. The number of halogens is 1. The summed E-state index contributed by atoms with van der Waals surface area (Å²) in [5, 5.41) is 0.839. The molecule has 0 atom stereocenters. The molecule has 1 radical (unpaired) electrons. The summed E-state index contributed by atoms with van der Waals surface area (Å²) in [4.78, 5) is 0. The van der Waals surface area contributed by atoms with Crippen LogP contribution in [0.1, 0.15) is 16.7 Å². The summed E-state index contributed by atoms with van der Waals surface area (Å²) in [6.07, 6.45) is 0. The zero-order valence-electron chi connectivity index (χ0n) is 6.46. The molecule has 1 heteroatoms. The van der Waals surface area contributed by atoms with E-state index in [2.05, 4.69) is 6.07 Å². The van der Waals surface area contributed by atoms with E-state index in [0.717, 1.165) is 21.7 Å². The Labute approximate surface area is 66.8 Å². The van der Waals surface area contributed by atoms with Crippen molar-refractivity contribution in [2.45, 2.75) is 20.8 Å². The van der Waals surface area contributed by atoms with Crippen LogP contribution in [0.5, 0.6) is 0 Å². The molecule has 0 aliphatic carbocycles. The summed E-state index contributed by atoms with van der Waals surface area (Å²) in [5.41, 5.74) is 3.33. The number of hydrogen-bond donors (Lipinski definition) is 0. The summed E-state index contributed by atoms with van der Waals surface area (Å²) in [5.74, 6) is 0. The van der Waals surface area contributed by atoms with Gasteiger partial charge in [-0.05, 0) is 43.5 Å². The molecule has 1 aromatic carbocycles. The van der Waals surface area contributed by atoms with Crippen molar-refractivity contribution >= 4 is 11.6 Å². The first-order valence-electron chi connectivity index (χ1n) is 3.27. The van der Waals surface area contributed by atoms with Gasteiger partial charge >= 0.3 is 0 Å². The summed E-state index contributed by atoms with van der Waals surface area (Å²) >= 11 is 5.92. The van der Waals surface area contributed by atoms with E-state index in [-0.39, 0.29) is 0 Å². The van der Waals surface area contributed by atoms with Gasteiger partial charge in [0.2, 0.25) is 0 Å². The van der Waals surface area contributed by atoms with Crippen LogP contribution in [0.3, 0.4) is 0 Å². The third-order valence-electron chi connectivity index (χ3n) is 1.49. The van der Waals surface area contributed by atoms with Crippen molar-refractivity contribution in [1.82, 2.24) is 0 Å². The molecule has 0 fully saturated rings.